The highest BCUT2D eigenvalue weighted by atomic mass is 35.5. The Bertz CT molecular complexity index is 1080. The van der Waals surface area contributed by atoms with Gasteiger partial charge in [-0.2, -0.15) is 0 Å². The molecule has 1 aromatic heterocycles. The van der Waals surface area contributed by atoms with Crippen molar-refractivity contribution in [3.05, 3.63) is 34.2 Å². The van der Waals surface area contributed by atoms with Gasteiger partial charge in [-0.05, 0) is 31.9 Å². The number of nitrogens with zero attached hydrogens (tertiary/aromatic N) is 5. The highest BCUT2D eigenvalue weighted by molar-refractivity contribution is 6.34. The van der Waals surface area contributed by atoms with Gasteiger partial charge in [0.15, 0.2) is 0 Å². The molecule has 6 rings (SSSR count). The van der Waals surface area contributed by atoms with Gasteiger partial charge >= 0.3 is 0 Å². The van der Waals surface area contributed by atoms with Gasteiger partial charge in [0.05, 0.1) is 53.3 Å². The average Bonchev–Trinajstić information content (AvgIpc) is 3.39. The second-order valence-electron chi connectivity index (χ2n) is 9.33. The van der Waals surface area contributed by atoms with Crippen molar-refractivity contribution in [2.45, 2.75) is 31.3 Å². The first kappa shape index (κ1) is 20.7. The molecule has 32 heavy (non-hydrogen) atoms. The third kappa shape index (κ3) is 3.68. The van der Waals surface area contributed by atoms with Crippen molar-refractivity contribution in [1.82, 2.24) is 25.3 Å². The summed E-state index contributed by atoms with van der Waals surface area (Å²) in [5, 5.41) is 7.73. The lowest BCUT2D eigenvalue weighted by atomic mass is 10.1. The quantitative estimate of drug-likeness (QED) is 0.639. The second kappa shape index (κ2) is 7.88. The largest absolute Gasteiger partial charge is 0.378 e. The van der Waals surface area contributed by atoms with Gasteiger partial charge in [0.1, 0.15) is 5.16 Å². The number of rotatable bonds is 5. The lowest BCUT2D eigenvalue weighted by Gasteiger charge is -2.43. The fourth-order valence-electron chi connectivity index (χ4n) is 4.60. The Morgan fingerprint density at radius 3 is 2.62 bits per heavy atom. The molecule has 1 aromatic carbocycles. The number of anilines is 2. The van der Waals surface area contributed by atoms with Crippen LogP contribution in [0.25, 0.3) is 10.9 Å². The van der Waals surface area contributed by atoms with Crippen LogP contribution >= 0.6 is 23.2 Å². The van der Waals surface area contributed by atoms with Gasteiger partial charge in [-0.3, -0.25) is 9.91 Å². The van der Waals surface area contributed by atoms with Crippen molar-refractivity contribution in [3.63, 3.8) is 0 Å². The smallest absolute Gasteiger partial charge is 0.227 e. The monoisotopic (exact) mass is 475 g/mol. The van der Waals surface area contributed by atoms with Gasteiger partial charge in [0.25, 0.3) is 0 Å². The number of benzene rings is 1. The second-order valence-corrected chi connectivity index (χ2v) is 10.1. The number of fused-ring (bicyclic) bond motifs is 1. The van der Waals surface area contributed by atoms with Gasteiger partial charge in [0, 0.05) is 37.8 Å². The topological polar surface area (TPSA) is 68.8 Å². The molecule has 0 bridgehead atoms. The highest BCUT2D eigenvalue weighted by Gasteiger charge is 2.46. The molecule has 1 aliphatic carbocycles. The van der Waals surface area contributed by atoms with Crippen molar-refractivity contribution in [2.75, 3.05) is 56.2 Å². The van der Waals surface area contributed by atoms with Gasteiger partial charge in [-0.25, -0.2) is 15.4 Å². The van der Waals surface area contributed by atoms with Crippen molar-refractivity contribution in [1.29, 1.82) is 0 Å². The molecule has 0 radical (unpaired) electrons. The maximum Gasteiger partial charge on any atom is 0.227 e. The average molecular weight is 476 g/mol. The molecule has 4 heterocycles. The van der Waals surface area contributed by atoms with Crippen molar-refractivity contribution < 1.29 is 4.74 Å². The Labute approximate surface area is 197 Å². The molecule has 3 aliphatic heterocycles. The van der Waals surface area contributed by atoms with E-state index in [0.717, 1.165) is 79.5 Å². The van der Waals surface area contributed by atoms with Crippen LogP contribution in [0.1, 0.15) is 19.8 Å². The fraction of sp³-hybridized carbons (Fsp3) is 0.545. The highest BCUT2D eigenvalue weighted by Crippen LogP contribution is 2.44. The number of ether oxygens (including phenoxy) is 1. The number of aromatic nitrogens is 2. The van der Waals surface area contributed by atoms with Gasteiger partial charge < -0.3 is 15.0 Å². The van der Waals surface area contributed by atoms with Gasteiger partial charge in [0.2, 0.25) is 5.95 Å². The molecule has 0 unspecified atom stereocenters. The summed E-state index contributed by atoms with van der Waals surface area (Å²) in [6.07, 6.45) is 4.09. The number of nitrogens with one attached hydrogen (secondary N) is 2. The van der Waals surface area contributed by atoms with Crippen LogP contribution < -0.4 is 15.6 Å². The Kier molecular flexibility index (Phi) is 5.11. The van der Waals surface area contributed by atoms with Gasteiger partial charge in [-0.1, -0.05) is 23.2 Å². The van der Waals surface area contributed by atoms with E-state index in [2.05, 4.69) is 43.5 Å². The minimum absolute atomic E-state index is 0.117. The minimum atomic E-state index is 0.117. The molecule has 2 N–H and O–H groups in total. The summed E-state index contributed by atoms with van der Waals surface area (Å²) < 4.78 is 5.34. The molecule has 1 saturated carbocycles. The van der Waals surface area contributed by atoms with Crippen LogP contribution in [-0.4, -0.2) is 77.4 Å². The zero-order chi connectivity index (χ0) is 21.9. The van der Waals surface area contributed by atoms with Crippen molar-refractivity contribution in [3.8, 4) is 0 Å². The van der Waals surface area contributed by atoms with Crippen LogP contribution in [0.15, 0.2) is 29.2 Å². The molecule has 8 nitrogen and oxygen atoms in total. The number of hydrazine groups is 1. The first-order valence-electron chi connectivity index (χ1n) is 11.2. The van der Waals surface area contributed by atoms with Crippen LogP contribution in [0.2, 0.25) is 5.02 Å². The Hall–Kier alpha value is -1.84. The summed E-state index contributed by atoms with van der Waals surface area (Å²) in [7, 11) is 0. The summed E-state index contributed by atoms with van der Waals surface area (Å²) in [6.45, 7) is 8.50. The first-order valence-corrected chi connectivity index (χ1v) is 12.0. The van der Waals surface area contributed by atoms with E-state index in [9.17, 15) is 0 Å². The van der Waals surface area contributed by atoms with Crippen LogP contribution in [-0.2, 0) is 4.74 Å². The predicted molar refractivity (Wildman–Crippen MR) is 127 cm³/mol. The molecule has 4 aliphatic rings. The standard InChI is InChI=1S/C22H27Cl2N7O/c1-22(2-3-22)31-20(24)18(11-26-31)28-21-25-10-14-8-16(23)19(9-17(14)27-21)30-6-4-29(5-7-30)15-12-32-13-15/h8-10,15,26H,2-7,11-13H2,1H3,(H,25,27,28). The zero-order valence-corrected chi connectivity index (χ0v) is 19.6. The van der Waals surface area contributed by atoms with E-state index in [0.29, 0.717) is 23.7 Å². The van der Waals surface area contributed by atoms with Gasteiger partial charge in [-0.15, -0.1) is 0 Å². The lowest BCUT2D eigenvalue weighted by Crippen LogP contribution is -2.56. The van der Waals surface area contributed by atoms with E-state index >= 15 is 0 Å². The zero-order valence-electron chi connectivity index (χ0n) is 18.1. The van der Waals surface area contributed by atoms with Crippen LogP contribution in [0.5, 0.6) is 0 Å². The fourth-order valence-corrected chi connectivity index (χ4v) is 5.27. The number of halogens is 2. The summed E-state index contributed by atoms with van der Waals surface area (Å²) >= 11 is 13.3. The molecule has 0 spiro atoms. The molecular weight excluding hydrogens is 449 g/mol. The van der Waals surface area contributed by atoms with Crippen molar-refractivity contribution >= 4 is 45.7 Å². The molecule has 3 fully saturated rings. The van der Waals surface area contributed by atoms with Crippen LogP contribution in [0, 0.1) is 0 Å². The third-order valence-electron chi connectivity index (χ3n) is 7.08. The molecule has 170 valence electrons. The normalized spacial score (nSPS) is 23.7. The number of piperazine rings is 1. The van der Waals surface area contributed by atoms with E-state index in [1.807, 2.05) is 12.3 Å². The van der Waals surface area contributed by atoms with Crippen molar-refractivity contribution in [2.24, 2.45) is 0 Å². The van der Waals surface area contributed by atoms with E-state index in [1.54, 1.807) is 0 Å². The van der Waals surface area contributed by atoms with Crippen LogP contribution in [0.3, 0.4) is 0 Å². The predicted octanol–water partition coefficient (Wildman–Crippen LogP) is 3.00. The molecule has 0 amide bonds. The van der Waals surface area contributed by atoms with Crippen LogP contribution in [0.4, 0.5) is 11.6 Å². The van der Waals surface area contributed by atoms with E-state index in [-0.39, 0.29) is 5.54 Å². The lowest BCUT2D eigenvalue weighted by molar-refractivity contribution is -0.0660. The number of hydrogen-bond donors (Lipinski definition) is 2. The third-order valence-corrected chi connectivity index (χ3v) is 7.78. The Balaban J connectivity index is 1.21. The number of hydrogen-bond acceptors (Lipinski definition) is 8. The van der Waals surface area contributed by atoms with E-state index in [4.69, 9.17) is 32.9 Å². The summed E-state index contributed by atoms with van der Waals surface area (Å²) in [5.74, 6) is 0.540. The van der Waals surface area contributed by atoms with E-state index < -0.39 is 0 Å². The maximum absolute atomic E-state index is 6.65. The molecule has 2 saturated heterocycles. The molecular formula is C22H27Cl2N7O. The summed E-state index contributed by atoms with van der Waals surface area (Å²) in [5.41, 5.74) is 6.27. The maximum atomic E-state index is 6.65. The Morgan fingerprint density at radius 1 is 1.16 bits per heavy atom. The SMILES string of the molecule is CC1(N2NCC(Nc3ncc4cc(Cl)c(N5CCN(C6COC6)CC5)cc4n3)=C2Cl)CC1. The Morgan fingerprint density at radius 2 is 1.94 bits per heavy atom. The molecule has 10 heteroatoms. The van der Waals surface area contributed by atoms with E-state index in [1.165, 1.54) is 0 Å². The summed E-state index contributed by atoms with van der Waals surface area (Å²) in [4.78, 5) is 14.1. The first-order chi connectivity index (χ1) is 15.5. The minimum Gasteiger partial charge on any atom is -0.378 e. The summed E-state index contributed by atoms with van der Waals surface area (Å²) in [6, 6.07) is 4.61. The molecule has 0 atom stereocenters. The molecule has 2 aromatic rings.